The van der Waals surface area contributed by atoms with Crippen LogP contribution in [0.2, 0.25) is 0 Å². The molecule has 0 aliphatic rings. The number of hydrogen-bond donors (Lipinski definition) is 1. The standard InChI is InChI=1S/C17H12BrFN2O2/c1-23-16-7-6-13(18)9-11(16)8-12(10-20)17(22)21-15-5-3-2-4-14(15)19/h2-9H,1H3,(H,21,22)/b12-8-. The van der Waals surface area contributed by atoms with Crippen LogP contribution >= 0.6 is 15.9 Å². The van der Waals surface area contributed by atoms with E-state index in [1.165, 1.54) is 31.4 Å². The molecule has 0 saturated heterocycles. The summed E-state index contributed by atoms with van der Waals surface area (Å²) in [7, 11) is 1.49. The van der Waals surface area contributed by atoms with Gasteiger partial charge in [-0.2, -0.15) is 5.26 Å². The van der Waals surface area contributed by atoms with Gasteiger partial charge in [0.1, 0.15) is 23.2 Å². The maximum absolute atomic E-state index is 13.6. The summed E-state index contributed by atoms with van der Waals surface area (Å²) < 4.78 is 19.5. The minimum absolute atomic E-state index is 0.0138. The van der Waals surface area contributed by atoms with E-state index in [0.717, 1.165) is 4.47 Å². The molecule has 2 aromatic rings. The molecule has 0 radical (unpaired) electrons. The van der Waals surface area contributed by atoms with Crippen molar-refractivity contribution in [3.63, 3.8) is 0 Å². The van der Waals surface area contributed by atoms with Gasteiger partial charge in [0.15, 0.2) is 0 Å². The molecule has 6 heteroatoms. The first-order valence-electron chi connectivity index (χ1n) is 6.56. The Balaban J connectivity index is 2.33. The summed E-state index contributed by atoms with van der Waals surface area (Å²) in [5.41, 5.74) is 0.409. The molecule has 116 valence electrons. The summed E-state index contributed by atoms with van der Waals surface area (Å²) >= 11 is 3.32. The fraction of sp³-hybridized carbons (Fsp3) is 0.0588. The molecule has 0 aromatic heterocycles. The predicted molar refractivity (Wildman–Crippen MR) is 89.3 cm³/mol. The normalized spacial score (nSPS) is 10.8. The van der Waals surface area contributed by atoms with Gasteiger partial charge in [-0.15, -0.1) is 0 Å². The highest BCUT2D eigenvalue weighted by molar-refractivity contribution is 9.10. The quantitative estimate of drug-likeness (QED) is 0.645. The van der Waals surface area contributed by atoms with E-state index >= 15 is 0 Å². The lowest BCUT2D eigenvalue weighted by Gasteiger charge is -2.07. The average Bonchev–Trinajstić information content (AvgIpc) is 2.54. The first-order chi connectivity index (χ1) is 11.0. The number of benzene rings is 2. The molecule has 0 heterocycles. The molecule has 2 rings (SSSR count). The van der Waals surface area contributed by atoms with Crippen LogP contribution in [0.25, 0.3) is 6.08 Å². The van der Waals surface area contributed by atoms with Crippen molar-refractivity contribution >= 4 is 33.6 Å². The van der Waals surface area contributed by atoms with Gasteiger partial charge in [0, 0.05) is 10.0 Å². The maximum atomic E-state index is 13.6. The van der Waals surface area contributed by atoms with Crippen molar-refractivity contribution in [3.05, 3.63) is 63.9 Å². The Hall–Kier alpha value is -2.65. The number of nitrogens with zero attached hydrogens (tertiary/aromatic N) is 1. The molecule has 0 atom stereocenters. The van der Waals surface area contributed by atoms with Crippen molar-refractivity contribution in [1.29, 1.82) is 5.26 Å². The largest absolute Gasteiger partial charge is 0.496 e. The van der Waals surface area contributed by atoms with Crippen LogP contribution in [-0.2, 0) is 4.79 Å². The predicted octanol–water partition coefficient (Wildman–Crippen LogP) is 4.14. The van der Waals surface area contributed by atoms with Crippen LogP contribution in [0.4, 0.5) is 10.1 Å². The van der Waals surface area contributed by atoms with Crippen molar-refractivity contribution in [1.82, 2.24) is 0 Å². The highest BCUT2D eigenvalue weighted by atomic mass is 79.9. The molecule has 4 nitrogen and oxygen atoms in total. The zero-order valence-electron chi connectivity index (χ0n) is 12.1. The van der Waals surface area contributed by atoms with Crippen molar-refractivity contribution in [2.45, 2.75) is 0 Å². The smallest absolute Gasteiger partial charge is 0.266 e. The molecule has 0 saturated carbocycles. The van der Waals surface area contributed by atoms with Gasteiger partial charge in [0.05, 0.1) is 12.8 Å². The van der Waals surface area contributed by atoms with Gasteiger partial charge in [-0.1, -0.05) is 28.1 Å². The summed E-state index contributed by atoms with van der Waals surface area (Å²) in [5.74, 6) is -0.752. The average molecular weight is 375 g/mol. The molecule has 0 aliphatic heterocycles. The number of nitrogens with one attached hydrogen (secondary N) is 1. The summed E-state index contributed by atoms with van der Waals surface area (Å²) in [6, 6.07) is 12.8. The third-order valence-electron chi connectivity index (χ3n) is 2.98. The van der Waals surface area contributed by atoms with Crippen molar-refractivity contribution in [2.24, 2.45) is 0 Å². The minimum Gasteiger partial charge on any atom is -0.496 e. The second-order valence-electron chi connectivity index (χ2n) is 4.49. The zero-order chi connectivity index (χ0) is 16.8. The van der Waals surface area contributed by atoms with Crippen molar-refractivity contribution in [2.75, 3.05) is 12.4 Å². The molecule has 0 fully saturated rings. The second-order valence-corrected chi connectivity index (χ2v) is 5.41. The van der Waals surface area contributed by atoms with Gasteiger partial charge >= 0.3 is 0 Å². The molecule has 0 aliphatic carbocycles. The van der Waals surface area contributed by atoms with E-state index in [-0.39, 0.29) is 11.3 Å². The van der Waals surface area contributed by atoms with E-state index in [1.54, 1.807) is 24.3 Å². The molecule has 1 N–H and O–H groups in total. The van der Waals surface area contributed by atoms with Gasteiger partial charge in [-0.25, -0.2) is 4.39 Å². The number of carbonyl (C=O) groups is 1. The monoisotopic (exact) mass is 374 g/mol. The first kappa shape index (κ1) is 16.7. The summed E-state index contributed by atoms with van der Waals surface area (Å²) in [4.78, 5) is 12.2. The number of rotatable bonds is 4. The Morgan fingerprint density at radius 3 is 2.74 bits per heavy atom. The number of halogens is 2. The van der Waals surface area contributed by atoms with E-state index in [1.807, 2.05) is 6.07 Å². The number of carbonyl (C=O) groups excluding carboxylic acids is 1. The number of methoxy groups -OCH3 is 1. The topological polar surface area (TPSA) is 62.1 Å². The Morgan fingerprint density at radius 2 is 2.09 bits per heavy atom. The van der Waals surface area contributed by atoms with Crippen molar-refractivity contribution in [3.8, 4) is 11.8 Å². The van der Waals surface area contributed by atoms with Gasteiger partial charge in [0.2, 0.25) is 0 Å². The van der Waals surface area contributed by atoms with Crippen LogP contribution in [0.5, 0.6) is 5.75 Å². The van der Waals surface area contributed by atoms with Crippen LogP contribution in [0.1, 0.15) is 5.56 Å². The first-order valence-corrected chi connectivity index (χ1v) is 7.35. The van der Waals surface area contributed by atoms with Crippen LogP contribution in [0, 0.1) is 17.1 Å². The molecule has 0 bridgehead atoms. The van der Waals surface area contributed by atoms with Crippen LogP contribution in [0.3, 0.4) is 0 Å². The number of anilines is 1. The van der Waals surface area contributed by atoms with Crippen LogP contribution in [-0.4, -0.2) is 13.0 Å². The number of hydrogen-bond acceptors (Lipinski definition) is 3. The highest BCUT2D eigenvalue weighted by Gasteiger charge is 2.13. The molecule has 0 unspecified atom stereocenters. The zero-order valence-corrected chi connectivity index (χ0v) is 13.7. The summed E-state index contributed by atoms with van der Waals surface area (Å²) in [6.07, 6.45) is 1.39. The SMILES string of the molecule is COc1ccc(Br)cc1/C=C(/C#N)C(=O)Nc1ccccc1F. The van der Waals surface area contributed by atoms with E-state index in [4.69, 9.17) is 4.74 Å². The molecule has 2 aromatic carbocycles. The lowest BCUT2D eigenvalue weighted by molar-refractivity contribution is -0.112. The van der Waals surface area contributed by atoms with Gasteiger partial charge < -0.3 is 10.1 Å². The lowest BCUT2D eigenvalue weighted by atomic mass is 10.1. The van der Waals surface area contributed by atoms with Gasteiger partial charge in [-0.3, -0.25) is 4.79 Å². The molecular weight excluding hydrogens is 363 g/mol. The molecule has 0 spiro atoms. The lowest BCUT2D eigenvalue weighted by Crippen LogP contribution is -2.14. The fourth-order valence-corrected chi connectivity index (χ4v) is 2.25. The number of amides is 1. The second kappa shape index (κ2) is 7.56. The number of nitriles is 1. The highest BCUT2D eigenvalue weighted by Crippen LogP contribution is 2.25. The third-order valence-corrected chi connectivity index (χ3v) is 3.47. The van der Waals surface area contributed by atoms with Crippen LogP contribution in [0.15, 0.2) is 52.5 Å². The minimum atomic E-state index is -0.695. The van der Waals surface area contributed by atoms with Crippen LogP contribution < -0.4 is 10.1 Å². The Kier molecular flexibility index (Phi) is 5.50. The third kappa shape index (κ3) is 4.18. The number of ether oxygens (including phenoxy) is 1. The van der Waals surface area contributed by atoms with E-state index < -0.39 is 11.7 Å². The molecule has 1 amide bonds. The fourth-order valence-electron chi connectivity index (χ4n) is 1.87. The van der Waals surface area contributed by atoms with E-state index in [0.29, 0.717) is 11.3 Å². The Bertz CT molecular complexity index is 812. The van der Waals surface area contributed by atoms with E-state index in [2.05, 4.69) is 21.2 Å². The van der Waals surface area contributed by atoms with Crippen molar-refractivity contribution < 1.29 is 13.9 Å². The number of para-hydroxylation sites is 1. The van der Waals surface area contributed by atoms with E-state index in [9.17, 15) is 14.4 Å². The Labute approximate surface area is 141 Å². The molecular formula is C17H12BrFN2O2. The summed E-state index contributed by atoms with van der Waals surface area (Å²) in [6.45, 7) is 0. The summed E-state index contributed by atoms with van der Waals surface area (Å²) in [5, 5.41) is 11.6. The van der Waals surface area contributed by atoms with Gasteiger partial charge in [-0.05, 0) is 36.4 Å². The maximum Gasteiger partial charge on any atom is 0.266 e. The molecule has 23 heavy (non-hydrogen) atoms. The Morgan fingerprint density at radius 1 is 1.35 bits per heavy atom. The van der Waals surface area contributed by atoms with Gasteiger partial charge in [0.25, 0.3) is 5.91 Å².